The van der Waals surface area contributed by atoms with Crippen LogP contribution in [0.25, 0.3) is 0 Å². The zero-order valence-electron chi connectivity index (χ0n) is 17.5. The molecule has 0 spiro atoms. The predicted octanol–water partition coefficient (Wildman–Crippen LogP) is 4.09. The Morgan fingerprint density at radius 2 is 1.81 bits per heavy atom. The van der Waals surface area contributed by atoms with Crippen LogP contribution in [0.1, 0.15) is 37.7 Å². The lowest BCUT2D eigenvalue weighted by Gasteiger charge is -2.26. The molecule has 1 saturated heterocycles. The van der Waals surface area contributed by atoms with Crippen LogP contribution in [0.4, 0.5) is 5.69 Å². The number of nitrogens with zero attached hydrogens (tertiary/aromatic N) is 2. The maximum absolute atomic E-state index is 12.8. The monoisotopic (exact) mass is 473 g/mol. The second-order valence-electron chi connectivity index (χ2n) is 8.17. The minimum Gasteiger partial charge on any atom is -0.482 e. The summed E-state index contributed by atoms with van der Waals surface area (Å²) in [5.74, 6) is -0.139. The van der Waals surface area contributed by atoms with Gasteiger partial charge in [0.05, 0.1) is 21.4 Å². The molecule has 0 unspecified atom stereocenters. The zero-order chi connectivity index (χ0) is 22.8. The van der Waals surface area contributed by atoms with Gasteiger partial charge in [-0.15, -0.1) is 0 Å². The SMILES string of the molecule is N#CC1(c2ccc(NC(=O)COc3ccc(S(=O)(=O)N4CCCCC4)cc3Cl)cc2)CC1. The fourth-order valence-corrected chi connectivity index (χ4v) is 5.66. The summed E-state index contributed by atoms with van der Waals surface area (Å²) in [5.41, 5.74) is 1.20. The highest BCUT2D eigenvalue weighted by Crippen LogP contribution is 2.47. The highest BCUT2D eigenvalue weighted by Gasteiger charge is 2.44. The first-order valence-electron chi connectivity index (χ1n) is 10.6. The van der Waals surface area contributed by atoms with Gasteiger partial charge in [0.1, 0.15) is 5.75 Å². The van der Waals surface area contributed by atoms with Gasteiger partial charge in [-0.05, 0) is 61.6 Å². The summed E-state index contributed by atoms with van der Waals surface area (Å²) in [6, 6.07) is 13.9. The first kappa shape index (κ1) is 22.6. The van der Waals surface area contributed by atoms with Crippen molar-refractivity contribution in [2.24, 2.45) is 0 Å². The lowest BCUT2D eigenvalue weighted by atomic mass is 9.98. The number of ether oxygens (including phenoxy) is 1. The summed E-state index contributed by atoms with van der Waals surface area (Å²) < 4.78 is 32.5. The van der Waals surface area contributed by atoms with Crippen molar-refractivity contribution < 1.29 is 17.9 Å². The Hall–Kier alpha value is -2.60. The van der Waals surface area contributed by atoms with Crippen molar-refractivity contribution in [3.63, 3.8) is 0 Å². The summed E-state index contributed by atoms with van der Waals surface area (Å²) in [6.07, 6.45) is 4.46. The Balaban J connectivity index is 1.34. The molecule has 0 radical (unpaired) electrons. The Labute approximate surface area is 193 Å². The Morgan fingerprint density at radius 3 is 2.41 bits per heavy atom. The van der Waals surface area contributed by atoms with E-state index in [1.807, 2.05) is 12.1 Å². The van der Waals surface area contributed by atoms with Crippen molar-refractivity contribution in [3.05, 3.63) is 53.1 Å². The lowest BCUT2D eigenvalue weighted by molar-refractivity contribution is -0.118. The van der Waals surface area contributed by atoms with E-state index < -0.39 is 10.0 Å². The number of benzene rings is 2. The second-order valence-corrected chi connectivity index (χ2v) is 10.5. The average Bonchev–Trinajstić information content (AvgIpc) is 3.60. The normalized spacial score (nSPS) is 17.9. The highest BCUT2D eigenvalue weighted by atomic mass is 35.5. The van der Waals surface area contributed by atoms with Gasteiger partial charge in [0.15, 0.2) is 6.61 Å². The molecule has 32 heavy (non-hydrogen) atoms. The molecule has 9 heteroatoms. The number of hydrogen-bond acceptors (Lipinski definition) is 5. The summed E-state index contributed by atoms with van der Waals surface area (Å²) in [5, 5.41) is 12.1. The number of nitriles is 1. The fourth-order valence-electron chi connectivity index (χ4n) is 3.82. The number of carbonyl (C=O) groups excluding carboxylic acids is 1. The molecule has 2 fully saturated rings. The van der Waals surface area contributed by atoms with Gasteiger partial charge < -0.3 is 10.1 Å². The first-order chi connectivity index (χ1) is 15.3. The van der Waals surface area contributed by atoms with Crippen LogP contribution in [0.3, 0.4) is 0 Å². The minimum absolute atomic E-state index is 0.118. The summed E-state index contributed by atoms with van der Waals surface area (Å²) >= 11 is 6.23. The van der Waals surface area contributed by atoms with Crippen molar-refractivity contribution in [1.29, 1.82) is 5.26 Å². The molecule has 2 aliphatic rings. The van der Waals surface area contributed by atoms with Gasteiger partial charge in [-0.3, -0.25) is 4.79 Å². The summed E-state index contributed by atoms with van der Waals surface area (Å²) in [7, 11) is -3.59. The van der Waals surface area contributed by atoms with E-state index in [1.54, 1.807) is 12.1 Å². The summed E-state index contributed by atoms with van der Waals surface area (Å²) in [6.45, 7) is 0.746. The standard InChI is InChI=1S/C23H24ClN3O4S/c24-20-14-19(32(29,30)27-12-2-1-3-13-27)8-9-21(20)31-15-22(28)26-18-6-4-17(5-7-18)23(16-25)10-11-23/h4-9,14H,1-3,10-13,15H2,(H,26,28). The van der Waals surface area contributed by atoms with E-state index in [-0.39, 0.29) is 33.6 Å². The molecule has 0 aromatic heterocycles. The third-order valence-electron chi connectivity index (χ3n) is 5.90. The number of halogens is 1. The largest absolute Gasteiger partial charge is 0.482 e. The lowest BCUT2D eigenvalue weighted by Crippen LogP contribution is -2.35. The molecule has 1 saturated carbocycles. The van der Waals surface area contributed by atoms with E-state index in [1.165, 1.54) is 22.5 Å². The van der Waals surface area contributed by atoms with Gasteiger partial charge in [0.25, 0.3) is 5.91 Å². The molecule has 1 aliphatic heterocycles. The average molecular weight is 474 g/mol. The number of piperidine rings is 1. The van der Waals surface area contributed by atoms with Crippen LogP contribution in [-0.4, -0.2) is 38.3 Å². The van der Waals surface area contributed by atoms with E-state index in [0.29, 0.717) is 18.8 Å². The van der Waals surface area contributed by atoms with Crippen LogP contribution in [0.2, 0.25) is 5.02 Å². The van der Waals surface area contributed by atoms with Gasteiger partial charge in [0, 0.05) is 18.8 Å². The maximum Gasteiger partial charge on any atom is 0.262 e. The molecule has 1 amide bonds. The number of nitrogens with one attached hydrogen (secondary N) is 1. The van der Waals surface area contributed by atoms with Gasteiger partial charge in [0.2, 0.25) is 10.0 Å². The number of anilines is 1. The number of hydrogen-bond donors (Lipinski definition) is 1. The molecule has 168 valence electrons. The molecule has 1 aliphatic carbocycles. The zero-order valence-corrected chi connectivity index (χ0v) is 19.1. The Morgan fingerprint density at radius 1 is 1.12 bits per heavy atom. The second kappa shape index (κ2) is 9.10. The number of carbonyl (C=O) groups is 1. The molecule has 2 aromatic carbocycles. The van der Waals surface area contributed by atoms with E-state index >= 15 is 0 Å². The molecule has 1 N–H and O–H groups in total. The van der Waals surface area contributed by atoms with Crippen LogP contribution < -0.4 is 10.1 Å². The number of sulfonamides is 1. The third kappa shape index (κ3) is 4.75. The van der Waals surface area contributed by atoms with E-state index in [9.17, 15) is 18.5 Å². The van der Waals surface area contributed by atoms with E-state index in [4.69, 9.17) is 16.3 Å². The quantitative estimate of drug-likeness (QED) is 0.652. The van der Waals surface area contributed by atoms with Gasteiger partial charge in [-0.25, -0.2) is 8.42 Å². The van der Waals surface area contributed by atoms with Crippen molar-refractivity contribution >= 4 is 33.2 Å². The summed E-state index contributed by atoms with van der Waals surface area (Å²) in [4.78, 5) is 12.4. The first-order valence-corrected chi connectivity index (χ1v) is 12.4. The molecule has 1 heterocycles. The highest BCUT2D eigenvalue weighted by molar-refractivity contribution is 7.89. The van der Waals surface area contributed by atoms with Crippen LogP contribution in [0.15, 0.2) is 47.4 Å². The molecular formula is C23H24ClN3O4S. The number of amides is 1. The minimum atomic E-state index is -3.59. The maximum atomic E-state index is 12.8. The van der Waals surface area contributed by atoms with Gasteiger partial charge in [-0.1, -0.05) is 30.2 Å². The topological polar surface area (TPSA) is 99.5 Å². The van der Waals surface area contributed by atoms with Gasteiger partial charge >= 0.3 is 0 Å². The van der Waals surface area contributed by atoms with Crippen LogP contribution in [0.5, 0.6) is 5.75 Å². The molecule has 0 bridgehead atoms. The van der Waals surface area contributed by atoms with Crippen molar-refractivity contribution in [3.8, 4) is 11.8 Å². The molecular weight excluding hydrogens is 450 g/mol. The molecule has 0 atom stereocenters. The molecule has 2 aromatic rings. The number of rotatable bonds is 7. The predicted molar refractivity (Wildman–Crippen MR) is 121 cm³/mol. The van der Waals surface area contributed by atoms with Crippen molar-refractivity contribution in [2.45, 2.75) is 42.4 Å². The Bertz CT molecular complexity index is 1150. The molecule has 7 nitrogen and oxygen atoms in total. The van der Waals surface area contributed by atoms with Crippen LogP contribution >= 0.6 is 11.6 Å². The van der Waals surface area contributed by atoms with E-state index in [2.05, 4.69) is 11.4 Å². The third-order valence-corrected chi connectivity index (χ3v) is 8.09. The van der Waals surface area contributed by atoms with Crippen molar-refractivity contribution in [1.82, 2.24) is 4.31 Å². The Kier molecular flexibility index (Phi) is 6.42. The smallest absolute Gasteiger partial charge is 0.262 e. The van der Waals surface area contributed by atoms with Crippen LogP contribution in [0, 0.1) is 11.3 Å². The van der Waals surface area contributed by atoms with Gasteiger partial charge in [-0.2, -0.15) is 9.57 Å². The van der Waals surface area contributed by atoms with Crippen molar-refractivity contribution in [2.75, 3.05) is 25.0 Å². The van der Waals surface area contributed by atoms with Crippen LogP contribution in [-0.2, 0) is 20.2 Å². The molecule has 4 rings (SSSR count). The fraction of sp³-hybridized carbons (Fsp3) is 0.391. The van der Waals surface area contributed by atoms with E-state index in [0.717, 1.165) is 37.7 Å².